The third kappa shape index (κ3) is 2.92. The molecule has 0 saturated carbocycles. The Labute approximate surface area is 71.3 Å². The predicted octanol–water partition coefficient (Wildman–Crippen LogP) is 1.85. The first-order valence-electron chi connectivity index (χ1n) is 3.63. The minimum Gasteiger partial charge on any atom is -0.299 e. The lowest BCUT2D eigenvalue weighted by Gasteiger charge is -1.86. The quantitative estimate of drug-likeness (QED) is 0.382. The van der Waals surface area contributed by atoms with Gasteiger partial charge in [0, 0.05) is 6.20 Å². The average molecular weight is 159 g/mol. The summed E-state index contributed by atoms with van der Waals surface area (Å²) in [5.74, 6) is 0. The van der Waals surface area contributed by atoms with Gasteiger partial charge in [0.1, 0.15) is 6.29 Å². The van der Waals surface area contributed by atoms with E-state index < -0.39 is 0 Å². The van der Waals surface area contributed by atoms with Gasteiger partial charge in [-0.2, -0.15) is 0 Å². The van der Waals surface area contributed by atoms with Crippen molar-refractivity contribution in [3.8, 4) is 0 Å². The Morgan fingerprint density at radius 1 is 1.17 bits per heavy atom. The van der Waals surface area contributed by atoms with E-state index >= 15 is 0 Å². The van der Waals surface area contributed by atoms with E-state index in [0.29, 0.717) is 0 Å². The summed E-state index contributed by atoms with van der Waals surface area (Å²) in [4.78, 5) is 13.9. The average Bonchev–Trinajstić information content (AvgIpc) is 2.14. The molecular weight excluding hydrogens is 150 g/mol. The summed E-state index contributed by atoms with van der Waals surface area (Å²) in [7, 11) is 0. The third-order valence-electron chi connectivity index (χ3n) is 1.26. The van der Waals surface area contributed by atoms with Crippen LogP contribution in [0, 0.1) is 0 Å². The van der Waals surface area contributed by atoms with Gasteiger partial charge in [0.15, 0.2) is 0 Å². The van der Waals surface area contributed by atoms with Crippen molar-refractivity contribution in [2.45, 2.75) is 0 Å². The maximum absolute atomic E-state index is 9.88. The molecule has 0 radical (unpaired) electrons. The Morgan fingerprint density at radius 3 is 2.75 bits per heavy atom. The molecule has 0 spiro atoms. The van der Waals surface area contributed by atoms with Crippen LogP contribution in [0.25, 0.3) is 6.08 Å². The van der Waals surface area contributed by atoms with E-state index in [4.69, 9.17) is 0 Å². The molecule has 60 valence electrons. The number of allylic oxidation sites excluding steroid dienone is 3. The van der Waals surface area contributed by atoms with Gasteiger partial charge in [0.2, 0.25) is 0 Å². The summed E-state index contributed by atoms with van der Waals surface area (Å²) in [5, 5.41) is 0. The molecule has 0 N–H and O–H groups in total. The highest BCUT2D eigenvalue weighted by atomic mass is 16.1. The largest absolute Gasteiger partial charge is 0.299 e. The van der Waals surface area contributed by atoms with E-state index in [1.165, 1.54) is 6.08 Å². The highest BCUT2D eigenvalue weighted by molar-refractivity contribution is 5.66. The van der Waals surface area contributed by atoms with Crippen molar-refractivity contribution in [3.63, 3.8) is 0 Å². The van der Waals surface area contributed by atoms with Gasteiger partial charge >= 0.3 is 0 Å². The van der Waals surface area contributed by atoms with Crippen molar-refractivity contribution >= 4 is 12.4 Å². The normalized spacial score (nSPS) is 11.0. The summed E-state index contributed by atoms with van der Waals surface area (Å²) in [6, 6.07) is 5.67. The number of carbonyl (C=O) groups excluding carboxylic acids is 1. The predicted molar refractivity (Wildman–Crippen MR) is 48.5 cm³/mol. The van der Waals surface area contributed by atoms with Crippen molar-refractivity contribution < 1.29 is 4.79 Å². The summed E-state index contributed by atoms with van der Waals surface area (Å²) in [5.41, 5.74) is 0.882. The van der Waals surface area contributed by atoms with Crippen molar-refractivity contribution in [3.05, 3.63) is 48.3 Å². The molecule has 2 nitrogen and oxygen atoms in total. The molecule has 0 unspecified atom stereocenters. The lowest BCUT2D eigenvalue weighted by atomic mass is 10.3. The fourth-order valence-corrected chi connectivity index (χ4v) is 0.738. The number of pyridine rings is 1. The maximum atomic E-state index is 9.88. The van der Waals surface area contributed by atoms with E-state index in [9.17, 15) is 4.79 Å². The first-order valence-corrected chi connectivity index (χ1v) is 3.63. The van der Waals surface area contributed by atoms with Crippen molar-refractivity contribution in [1.82, 2.24) is 4.98 Å². The van der Waals surface area contributed by atoms with Crippen molar-refractivity contribution in [2.24, 2.45) is 0 Å². The zero-order valence-electron chi connectivity index (χ0n) is 6.55. The Morgan fingerprint density at radius 2 is 2.08 bits per heavy atom. The molecule has 0 amide bonds. The van der Waals surface area contributed by atoms with Crippen LogP contribution in [0.1, 0.15) is 5.69 Å². The molecule has 2 heteroatoms. The first-order chi connectivity index (χ1) is 5.93. The van der Waals surface area contributed by atoms with E-state index in [1.807, 2.05) is 24.3 Å². The maximum Gasteiger partial charge on any atom is 0.142 e. The molecule has 1 rings (SSSR count). The molecule has 0 atom stereocenters. The topological polar surface area (TPSA) is 30.0 Å². The lowest BCUT2D eigenvalue weighted by molar-refractivity contribution is -0.104. The number of aldehydes is 1. The second kappa shape index (κ2) is 5.02. The van der Waals surface area contributed by atoms with Crippen molar-refractivity contribution in [1.29, 1.82) is 0 Å². The zero-order valence-corrected chi connectivity index (χ0v) is 6.55. The Bertz CT molecular complexity index is 288. The summed E-state index contributed by atoms with van der Waals surface area (Å²) in [6.45, 7) is 0. The summed E-state index contributed by atoms with van der Waals surface area (Å²) < 4.78 is 0. The number of carbonyl (C=O) groups is 1. The summed E-state index contributed by atoms with van der Waals surface area (Å²) in [6.07, 6.45) is 9.17. The van der Waals surface area contributed by atoms with Gasteiger partial charge in [0.25, 0.3) is 0 Å². The van der Waals surface area contributed by atoms with Gasteiger partial charge in [-0.25, -0.2) is 0 Å². The second-order valence-electron chi connectivity index (χ2n) is 2.13. The van der Waals surface area contributed by atoms with Crippen LogP contribution in [-0.2, 0) is 4.79 Å². The number of hydrogen-bond donors (Lipinski definition) is 0. The van der Waals surface area contributed by atoms with Crippen LogP contribution in [0.5, 0.6) is 0 Å². The molecule has 0 saturated heterocycles. The van der Waals surface area contributed by atoms with Gasteiger partial charge < -0.3 is 0 Å². The van der Waals surface area contributed by atoms with Crippen LogP contribution < -0.4 is 0 Å². The molecule has 0 bridgehead atoms. The van der Waals surface area contributed by atoms with Gasteiger partial charge in [-0.15, -0.1) is 0 Å². The number of rotatable bonds is 3. The van der Waals surface area contributed by atoms with Crippen LogP contribution in [0.15, 0.2) is 42.6 Å². The highest BCUT2D eigenvalue weighted by Crippen LogP contribution is 1.95. The molecule has 0 aliphatic heterocycles. The molecule has 12 heavy (non-hydrogen) atoms. The molecule has 1 aromatic rings. The Kier molecular flexibility index (Phi) is 3.51. The van der Waals surface area contributed by atoms with Crippen LogP contribution in [0.4, 0.5) is 0 Å². The molecule has 1 heterocycles. The van der Waals surface area contributed by atoms with Crippen LogP contribution in [-0.4, -0.2) is 11.3 Å². The Hall–Kier alpha value is -1.70. The number of nitrogens with zero attached hydrogens (tertiary/aromatic N) is 1. The van der Waals surface area contributed by atoms with Crippen LogP contribution >= 0.6 is 0 Å². The second-order valence-corrected chi connectivity index (χ2v) is 2.13. The highest BCUT2D eigenvalue weighted by Gasteiger charge is 1.80. The van der Waals surface area contributed by atoms with Crippen LogP contribution in [0.3, 0.4) is 0 Å². The van der Waals surface area contributed by atoms with Gasteiger partial charge in [0.05, 0.1) is 5.69 Å². The van der Waals surface area contributed by atoms with E-state index in [0.717, 1.165) is 12.0 Å². The lowest BCUT2D eigenvalue weighted by Crippen LogP contribution is -1.74. The smallest absolute Gasteiger partial charge is 0.142 e. The monoisotopic (exact) mass is 159 g/mol. The van der Waals surface area contributed by atoms with E-state index in [2.05, 4.69) is 4.98 Å². The van der Waals surface area contributed by atoms with Gasteiger partial charge in [-0.05, 0) is 24.3 Å². The number of hydrogen-bond acceptors (Lipinski definition) is 2. The van der Waals surface area contributed by atoms with E-state index in [-0.39, 0.29) is 0 Å². The minimum atomic E-state index is 0.739. The minimum absolute atomic E-state index is 0.739. The molecule has 1 aromatic heterocycles. The zero-order chi connectivity index (χ0) is 8.65. The van der Waals surface area contributed by atoms with Crippen molar-refractivity contribution in [2.75, 3.05) is 0 Å². The summed E-state index contributed by atoms with van der Waals surface area (Å²) >= 11 is 0. The SMILES string of the molecule is O=C/C=C/C=C/c1ccccn1. The van der Waals surface area contributed by atoms with Gasteiger partial charge in [-0.1, -0.05) is 18.2 Å². The molecule has 0 aromatic carbocycles. The molecule has 0 aliphatic carbocycles. The molecular formula is C10H9NO. The van der Waals surface area contributed by atoms with Gasteiger partial charge in [-0.3, -0.25) is 9.78 Å². The Balaban J connectivity index is 2.58. The fourth-order valence-electron chi connectivity index (χ4n) is 0.738. The standard InChI is InChI=1S/C10H9NO/c12-9-5-1-2-6-10-7-3-4-8-11-10/h1-9H/b5-1+,6-2+. The van der Waals surface area contributed by atoms with E-state index in [1.54, 1.807) is 18.3 Å². The molecule has 0 fully saturated rings. The fraction of sp³-hybridized carbons (Fsp3) is 0. The third-order valence-corrected chi connectivity index (χ3v) is 1.26. The number of aromatic nitrogens is 1. The first kappa shape index (κ1) is 8.40. The van der Waals surface area contributed by atoms with Crippen LogP contribution in [0.2, 0.25) is 0 Å². The molecule has 0 aliphatic rings.